The maximum Gasteiger partial charge on any atom is 0.225 e. The molecule has 1 N–H and O–H groups in total. The van der Waals surface area contributed by atoms with Crippen molar-refractivity contribution in [1.82, 2.24) is 15.1 Å². The van der Waals surface area contributed by atoms with Gasteiger partial charge in [-0.1, -0.05) is 30.3 Å². The van der Waals surface area contributed by atoms with Crippen molar-refractivity contribution in [3.05, 3.63) is 35.9 Å². The summed E-state index contributed by atoms with van der Waals surface area (Å²) in [5, 5.41) is 2.87. The minimum Gasteiger partial charge on any atom is -0.349 e. The molecule has 2 aliphatic rings. The molecule has 0 aliphatic carbocycles. The fraction of sp³-hybridized carbons (Fsp3) is 0.579. The van der Waals surface area contributed by atoms with Crippen LogP contribution in [0.5, 0.6) is 0 Å². The lowest BCUT2D eigenvalue weighted by Gasteiger charge is -2.38. The number of nitrogens with one attached hydrogen (secondary N) is 1. The van der Waals surface area contributed by atoms with E-state index in [1.165, 1.54) is 6.92 Å². The van der Waals surface area contributed by atoms with E-state index in [1.807, 2.05) is 35.2 Å². The molecule has 2 atom stereocenters. The number of hydrogen-bond donors (Lipinski definition) is 1. The highest BCUT2D eigenvalue weighted by molar-refractivity contribution is 7.91. The second kappa shape index (κ2) is 8.39. The molecule has 7 nitrogen and oxygen atoms in total. The topological polar surface area (TPSA) is 86.8 Å². The van der Waals surface area contributed by atoms with Gasteiger partial charge < -0.3 is 10.2 Å². The quantitative estimate of drug-likeness (QED) is 0.791. The zero-order valence-corrected chi connectivity index (χ0v) is 16.5. The number of amides is 2. The minimum atomic E-state index is -2.90. The van der Waals surface area contributed by atoms with Gasteiger partial charge in [-0.05, 0) is 12.0 Å². The second-order valence-corrected chi connectivity index (χ2v) is 9.57. The van der Waals surface area contributed by atoms with Crippen LogP contribution in [0, 0.1) is 0 Å². The molecule has 2 fully saturated rings. The predicted molar refractivity (Wildman–Crippen MR) is 103 cm³/mol. The molecular weight excluding hydrogens is 366 g/mol. The van der Waals surface area contributed by atoms with Crippen molar-refractivity contribution >= 4 is 21.7 Å². The van der Waals surface area contributed by atoms with Gasteiger partial charge in [-0.25, -0.2) is 8.42 Å². The van der Waals surface area contributed by atoms with Crippen molar-refractivity contribution in [3.63, 3.8) is 0 Å². The van der Waals surface area contributed by atoms with Crippen LogP contribution in [0.25, 0.3) is 0 Å². The first kappa shape index (κ1) is 19.8. The van der Waals surface area contributed by atoms with Gasteiger partial charge >= 0.3 is 0 Å². The first-order valence-corrected chi connectivity index (χ1v) is 11.2. The van der Waals surface area contributed by atoms with Crippen LogP contribution < -0.4 is 5.32 Å². The van der Waals surface area contributed by atoms with Crippen LogP contribution in [0.4, 0.5) is 0 Å². The average molecular weight is 394 g/mol. The Bertz CT molecular complexity index is 773. The molecule has 0 saturated carbocycles. The first-order chi connectivity index (χ1) is 12.8. The molecule has 1 aromatic rings. The van der Waals surface area contributed by atoms with Crippen LogP contribution in [0.2, 0.25) is 0 Å². The van der Waals surface area contributed by atoms with Crippen molar-refractivity contribution in [3.8, 4) is 0 Å². The third-order valence-electron chi connectivity index (χ3n) is 5.35. The summed E-state index contributed by atoms with van der Waals surface area (Å²) < 4.78 is 23.3. The van der Waals surface area contributed by atoms with Gasteiger partial charge in [0.25, 0.3) is 0 Å². The summed E-state index contributed by atoms with van der Waals surface area (Å²) in [6, 6.07) is 9.25. The molecule has 0 spiro atoms. The molecule has 2 heterocycles. The van der Waals surface area contributed by atoms with Gasteiger partial charge in [-0.2, -0.15) is 0 Å². The van der Waals surface area contributed by atoms with Crippen LogP contribution in [-0.2, 0) is 19.4 Å². The second-order valence-electron chi connectivity index (χ2n) is 7.34. The maximum atomic E-state index is 12.8. The van der Waals surface area contributed by atoms with Crippen LogP contribution in [-0.4, -0.2) is 73.8 Å². The molecule has 0 unspecified atom stereocenters. The molecule has 1 aromatic carbocycles. The lowest BCUT2D eigenvalue weighted by Crippen LogP contribution is -2.52. The molecule has 27 heavy (non-hydrogen) atoms. The lowest BCUT2D eigenvalue weighted by atomic mass is 10.0. The number of piperazine rings is 1. The predicted octanol–water partition coefficient (Wildman–Crippen LogP) is 0.585. The van der Waals surface area contributed by atoms with E-state index in [4.69, 9.17) is 0 Å². The Hall–Kier alpha value is -1.93. The summed E-state index contributed by atoms with van der Waals surface area (Å²) in [5.74, 6) is 0.353. The molecule has 2 amide bonds. The number of benzene rings is 1. The highest BCUT2D eigenvalue weighted by Crippen LogP contribution is 2.21. The van der Waals surface area contributed by atoms with Crippen LogP contribution in [0.15, 0.2) is 30.3 Å². The summed E-state index contributed by atoms with van der Waals surface area (Å²) in [7, 11) is -2.90. The largest absolute Gasteiger partial charge is 0.349 e. The summed E-state index contributed by atoms with van der Waals surface area (Å²) in [4.78, 5) is 28.3. The number of carbonyl (C=O) groups excluding carboxylic acids is 2. The Labute approximate surface area is 160 Å². The lowest BCUT2D eigenvalue weighted by molar-refractivity contribution is -0.134. The van der Waals surface area contributed by atoms with Gasteiger partial charge in [-0.15, -0.1) is 0 Å². The molecule has 2 saturated heterocycles. The summed E-state index contributed by atoms with van der Waals surface area (Å²) in [6.07, 6.45) is 0.913. The van der Waals surface area contributed by atoms with Crippen molar-refractivity contribution in [1.29, 1.82) is 0 Å². The van der Waals surface area contributed by atoms with Gasteiger partial charge in [0.1, 0.15) is 0 Å². The zero-order chi connectivity index (χ0) is 19.4. The fourth-order valence-electron chi connectivity index (χ4n) is 3.89. The Kier molecular flexibility index (Phi) is 6.16. The van der Waals surface area contributed by atoms with E-state index in [1.54, 1.807) is 0 Å². The van der Waals surface area contributed by atoms with Crippen molar-refractivity contribution in [2.24, 2.45) is 0 Å². The average Bonchev–Trinajstić information content (AvgIpc) is 3.01. The molecule has 2 aliphatic heterocycles. The van der Waals surface area contributed by atoms with Crippen LogP contribution in [0.1, 0.15) is 31.4 Å². The Morgan fingerprint density at radius 3 is 2.37 bits per heavy atom. The number of hydrogen-bond acceptors (Lipinski definition) is 5. The van der Waals surface area contributed by atoms with Crippen LogP contribution in [0.3, 0.4) is 0 Å². The highest BCUT2D eigenvalue weighted by atomic mass is 32.2. The monoisotopic (exact) mass is 393 g/mol. The van der Waals surface area contributed by atoms with Crippen LogP contribution >= 0.6 is 0 Å². The third-order valence-corrected chi connectivity index (χ3v) is 7.10. The zero-order valence-electron chi connectivity index (χ0n) is 15.6. The molecule has 0 aromatic heterocycles. The van der Waals surface area contributed by atoms with E-state index in [0.29, 0.717) is 32.6 Å². The SMILES string of the molecule is CC(=O)N[C@@H](CC(=O)N1CCN([C@@H]2CCS(=O)(=O)C2)CC1)c1ccccc1. The molecule has 3 rings (SSSR count). The van der Waals surface area contributed by atoms with Gasteiger partial charge in [-0.3, -0.25) is 14.5 Å². The van der Waals surface area contributed by atoms with Crippen molar-refractivity contribution < 1.29 is 18.0 Å². The third kappa shape index (κ3) is 5.29. The van der Waals surface area contributed by atoms with E-state index in [2.05, 4.69) is 10.2 Å². The van der Waals surface area contributed by atoms with Gasteiger partial charge in [0.2, 0.25) is 11.8 Å². The Morgan fingerprint density at radius 1 is 1.15 bits per heavy atom. The van der Waals surface area contributed by atoms with E-state index in [0.717, 1.165) is 5.56 Å². The van der Waals surface area contributed by atoms with E-state index < -0.39 is 9.84 Å². The maximum absolute atomic E-state index is 12.8. The number of carbonyl (C=O) groups is 2. The molecule has 0 bridgehead atoms. The van der Waals surface area contributed by atoms with Crippen molar-refractivity contribution in [2.45, 2.75) is 31.8 Å². The normalized spacial score (nSPS) is 23.7. The van der Waals surface area contributed by atoms with Crippen molar-refractivity contribution in [2.75, 3.05) is 37.7 Å². The minimum absolute atomic E-state index is 0.0105. The van der Waals surface area contributed by atoms with E-state index >= 15 is 0 Å². The standard InChI is InChI=1S/C19H27N3O4S/c1-15(23)20-18(16-5-3-2-4-6-16)13-19(24)22-10-8-21(9-11-22)17-7-12-27(25,26)14-17/h2-6,17-18H,7-14H2,1H3,(H,20,23)/t17-,18+/m1/s1. The Balaban J connectivity index is 1.55. The van der Waals surface area contributed by atoms with Gasteiger partial charge in [0, 0.05) is 39.1 Å². The summed E-state index contributed by atoms with van der Waals surface area (Å²) in [6.45, 7) is 4.03. The highest BCUT2D eigenvalue weighted by Gasteiger charge is 2.34. The first-order valence-electron chi connectivity index (χ1n) is 9.38. The number of sulfone groups is 1. The summed E-state index contributed by atoms with van der Waals surface area (Å²) in [5.41, 5.74) is 0.913. The number of nitrogens with zero attached hydrogens (tertiary/aromatic N) is 2. The molecule has 148 valence electrons. The summed E-state index contributed by atoms with van der Waals surface area (Å²) >= 11 is 0. The molecule has 0 radical (unpaired) electrons. The van der Waals surface area contributed by atoms with E-state index in [9.17, 15) is 18.0 Å². The Morgan fingerprint density at radius 2 is 1.81 bits per heavy atom. The number of rotatable bonds is 5. The smallest absolute Gasteiger partial charge is 0.225 e. The van der Waals surface area contributed by atoms with E-state index in [-0.39, 0.29) is 41.8 Å². The fourth-order valence-corrected chi connectivity index (χ4v) is 5.65. The molecular formula is C19H27N3O4S. The molecule has 8 heteroatoms. The van der Waals surface area contributed by atoms with Gasteiger partial charge in [0.05, 0.1) is 24.0 Å². The van der Waals surface area contributed by atoms with Gasteiger partial charge in [0.15, 0.2) is 9.84 Å².